The summed E-state index contributed by atoms with van der Waals surface area (Å²) in [7, 11) is 0. The second-order valence-corrected chi connectivity index (χ2v) is 4.18. The first-order valence-electron chi connectivity index (χ1n) is 5.90. The van der Waals surface area contributed by atoms with Gasteiger partial charge in [0.25, 0.3) is 5.91 Å². The zero-order valence-corrected chi connectivity index (χ0v) is 10.8. The third kappa shape index (κ3) is 2.75. The van der Waals surface area contributed by atoms with Crippen LogP contribution >= 0.6 is 0 Å². The van der Waals surface area contributed by atoms with Gasteiger partial charge in [-0.2, -0.15) is 10.5 Å². The first kappa shape index (κ1) is 13.9. The fourth-order valence-electron chi connectivity index (χ4n) is 1.76. The molecule has 6 heteroatoms. The van der Waals surface area contributed by atoms with E-state index >= 15 is 0 Å². The van der Waals surface area contributed by atoms with Crippen LogP contribution < -0.4 is 11.1 Å². The third-order valence-electron chi connectivity index (χ3n) is 2.83. The molecule has 0 aliphatic heterocycles. The number of nitriles is 2. The Hall–Kier alpha value is -3.51. The van der Waals surface area contributed by atoms with Gasteiger partial charge in [0.15, 0.2) is 5.75 Å². The van der Waals surface area contributed by atoms with Crippen molar-refractivity contribution in [1.29, 1.82) is 10.5 Å². The molecule has 0 aromatic heterocycles. The minimum atomic E-state index is -0.562. The van der Waals surface area contributed by atoms with E-state index in [0.29, 0.717) is 5.69 Å². The molecule has 0 saturated heterocycles. The number of phenols is 1. The first-order chi connectivity index (χ1) is 10.1. The summed E-state index contributed by atoms with van der Waals surface area (Å²) >= 11 is 0. The number of hydrogen-bond donors (Lipinski definition) is 3. The normalized spacial score (nSPS) is 9.43. The Kier molecular flexibility index (Phi) is 3.74. The fourth-order valence-corrected chi connectivity index (χ4v) is 1.76. The van der Waals surface area contributed by atoms with Gasteiger partial charge in [0.1, 0.15) is 12.1 Å². The molecule has 0 unspecified atom stereocenters. The molecule has 6 nitrogen and oxygen atoms in total. The van der Waals surface area contributed by atoms with Crippen molar-refractivity contribution in [3.05, 3.63) is 53.1 Å². The van der Waals surface area contributed by atoms with Crippen LogP contribution in [0.25, 0.3) is 0 Å². The number of phenolic OH excluding ortho intramolecular Hbond substituents is 1. The number of hydrogen-bond acceptors (Lipinski definition) is 5. The summed E-state index contributed by atoms with van der Waals surface area (Å²) < 4.78 is 0. The van der Waals surface area contributed by atoms with Gasteiger partial charge in [0, 0.05) is 5.69 Å². The van der Waals surface area contributed by atoms with E-state index in [2.05, 4.69) is 5.32 Å². The van der Waals surface area contributed by atoms with Gasteiger partial charge in [0.2, 0.25) is 0 Å². The topological polar surface area (TPSA) is 123 Å². The molecule has 0 fully saturated rings. The van der Waals surface area contributed by atoms with E-state index in [9.17, 15) is 9.90 Å². The number of carbonyl (C=O) groups is 1. The fraction of sp³-hybridized carbons (Fsp3) is 0. The lowest BCUT2D eigenvalue weighted by molar-refractivity contribution is 0.102. The van der Waals surface area contributed by atoms with Gasteiger partial charge < -0.3 is 16.2 Å². The molecule has 0 aliphatic carbocycles. The maximum absolute atomic E-state index is 12.1. The van der Waals surface area contributed by atoms with Crippen LogP contribution in [0, 0.1) is 22.7 Å². The molecule has 0 bridgehead atoms. The Labute approximate surface area is 120 Å². The monoisotopic (exact) mass is 278 g/mol. The summed E-state index contributed by atoms with van der Waals surface area (Å²) in [6, 6.07) is 12.5. The Morgan fingerprint density at radius 1 is 1.14 bits per heavy atom. The maximum atomic E-state index is 12.1. The molecular weight excluding hydrogens is 268 g/mol. The number of rotatable bonds is 2. The first-order valence-corrected chi connectivity index (χ1v) is 5.90. The largest absolute Gasteiger partial charge is 0.505 e. The van der Waals surface area contributed by atoms with Crippen molar-refractivity contribution in [1.82, 2.24) is 0 Å². The van der Waals surface area contributed by atoms with Crippen LogP contribution in [0.5, 0.6) is 5.75 Å². The van der Waals surface area contributed by atoms with Crippen molar-refractivity contribution in [2.24, 2.45) is 0 Å². The molecule has 0 aliphatic rings. The third-order valence-corrected chi connectivity index (χ3v) is 2.83. The molecule has 21 heavy (non-hydrogen) atoms. The molecular formula is C15H10N4O2. The van der Waals surface area contributed by atoms with Crippen LogP contribution in [0.1, 0.15) is 21.5 Å². The van der Waals surface area contributed by atoms with Crippen molar-refractivity contribution >= 4 is 17.3 Å². The SMILES string of the molecule is N#Cc1ccc(NC(=O)c2cccc(N)c2O)cc1C#N. The number of anilines is 2. The minimum absolute atomic E-state index is 0.0258. The molecule has 4 N–H and O–H groups in total. The highest BCUT2D eigenvalue weighted by atomic mass is 16.3. The molecule has 2 rings (SSSR count). The molecule has 1 amide bonds. The summed E-state index contributed by atoms with van der Waals surface area (Å²) in [4.78, 5) is 12.1. The van der Waals surface area contributed by atoms with Gasteiger partial charge in [-0.15, -0.1) is 0 Å². The number of amides is 1. The predicted octanol–water partition coefficient (Wildman–Crippen LogP) is 1.97. The molecule has 0 heterocycles. The van der Waals surface area contributed by atoms with Crippen LogP contribution in [0.4, 0.5) is 11.4 Å². The average molecular weight is 278 g/mol. The summed E-state index contributed by atoms with van der Waals surface area (Å²) in [5.41, 5.74) is 6.38. The van der Waals surface area contributed by atoms with E-state index in [-0.39, 0.29) is 28.1 Å². The molecule has 0 spiro atoms. The van der Waals surface area contributed by atoms with Gasteiger partial charge in [-0.25, -0.2) is 0 Å². The Bertz CT molecular complexity index is 800. The van der Waals surface area contributed by atoms with Crippen LogP contribution in [0.3, 0.4) is 0 Å². The quantitative estimate of drug-likeness (QED) is 0.572. The number of aromatic hydroxyl groups is 1. The number of para-hydroxylation sites is 1. The number of carbonyl (C=O) groups excluding carboxylic acids is 1. The average Bonchev–Trinajstić information content (AvgIpc) is 2.49. The zero-order chi connectivity index (χ0) is 15.4. The summed E-state index contributed by atoms with van der Waals surface area (Å²) in [6.07, 6.45) is 0. The lowest BCUT2D eigenvalue weighted by Crippen LogP contribution is -2.12. The zero-order valence-electron chi connectivity index (χ0n) is 10.8. The van der Waals surface area contributed by atoms with E-state index in [1.165, 1.54) is 30.3 Å². The van der Waals surface area contributed by atoms with Crippen molar-refractivity contribution in [2.45, 2.75) is 0 Å². The Morgan fingerprint density at radius 2 is 1.86 bits per heavy atom. The van der Waals surface area contributed by atoms with Crippen molar-refractivity contribution in [3.63, 3.8) is 0 Å². The lowest BCUT2D eigenvalue weighted by atomic mass is 10.1. The molecule has 2 aromatic carbocycles. The van der Waals surface area contributed by atoms with Crippen molar-refractivity contribution in [2.75, 3.05) is 11.1 Å². The second kappa shape index (κ2) is 5.64. The van der Waals surface area contributed by atoms with Crippen LogP contribution in [-0.2, 0) is 0 Å². The number of nitrogens with one attached hydrogen (secondary N) is 1. The predicted molar refractivity (Wildman–Crippen MR) is 76.3 cm³/mol. The van der Waals surface area contributed by atoms with E-state index in [1.807, 2.05) is 12.1 Å². The number of benzene rings is 2. The standard InChI is InChI=1S/C15H10N4O2/c16-7-9-4-5-11(6-10(9)8-17)19-15(21)12-2-1-3-13(18)14(12)20/h1-6,20H,18H2,(H,19,21). The highest BCUT2D eigenvalue weighted by Crippen LogP contribution is 2.25. The highest BCUT2D eigenvalue weighted by Gasteiger charge is 2.13. The molecule has 0 atom stereocenters. The molecule has 102 valence electrons. The second-order valence-electron chi connectivity index (χ2n) is 4.18. The van der Waals surface area contributed by atoms with E-state index < -0.39 is 5.91 Å². The summed E-state index contributed by atoms with van der Waals surface area (Å²) in [5.74, 6) is -0.863. The number of nitrogens with two attached hydrogens (primary N) is 1. The van der Waals surface area contributed by atoms with Gasteiger partial charge in [0.05, 0.1) is 22.4 Å². The summed E-state index contributed by atoms with van der Waals surface area (Å²) in [6.45, 7) is 0. The smallest absolute Gasteiger partial charge is 0.259 e. The van der Waals surface area contributed by atoms with Crippen molar-refractivity contribution in [3.8, 4) is 17.9 Å². The van der Waals surface area contributed by atoms with E-state index in [4.69, 9.17) is 16.3 Å². The lowest BCUT2D eigenvalue weighted by Gasteiger charge is -2.08. The molecule has 0 saturated carbocycles. The van der Waals surface area contributed by atoms with Gasteiger partial charge in [-0.1, -0.05) is 6.07 Å². The number of nitrogens with zero attached hydrogens (tertiary/aromatic N) is 2. The van der Waals surface area contributed by atoms with Crippen LogP contribution in [-0.4, -0.2) is 11.0 Å². The van der Waals surface area contributed by atoms with Crippen LogP contribution in [0.2, 0.25) is 0 Å². The number of nitrogen functional groups attached to an aromatic ring is 1. The minimum Gasteiger partial charge on any atom is -0.505 e. The maximum Gasteiger partial charge on any atom is 0.259 e. The molecule has 2 aromatic rings. The Balaban J connectivity index is 2.31. The van der Waals surface area contributed by atoms with Crippen LogP contribution in [0.15, 0.2) is 36.4 Å². The van der Waals surface area contributed by atoms with Gasteiger partial charge in [-0.05, 0) is 30.3 Å². The van der Waals surface area contributed by atoms with E-state index in [0.717, 1.165) is 0 Å². The highest BCUT2D eigenvalue weighted by molar-refractivity contribution is 6.07. The van der Waals surface area contributed by atoms with Gasteiger partial charge in [-0.3, -0.25) is 4.79 Å². The van der Waals surface area contributed by atoms with Gasteiger partial charge >= 0.3 is 0 Å². The summed E-state index contributed by atoms with van der Waals surface area (Å²) in [5, 5.41) is 30.1. The van der Waals surface area contributed by atoms with E-state index in [1.54, 1.807) is 6.07 Å². The van der Waals surface area contributed by atoms with Crippen molar-refractivity contribution < 1.29 is 9.90 Å². The molecule has 0 radical (unpaired) electrons. The Morgan fingerprint density at radius 3 is 2.52 bits per heavy atom.